The van der Waals surface area contributed by atoms with E-state index in [1.54, 1.807) is 44.3 Å². The van der Waals surface area contributed by atoms with E-state index in [4.69, 9.17) is 11.6 Å². The first-order valence-corrected chi connectivity index (χ1v) is 14.2. The van der Waals surface area contributed by atoms with Gasteiger partial charge in [-0.3, -0.25) is 4.79 Å². The highest BCUT2D eigenvalue weighted by Crippen LogP contribution is 2.34. The van der Waals surface area contributed by atoms with Crippen molar-refractivity contribution in [2.75, 3.05) is 36.4 Å². The molecular weight excluding hydrogens is 514 g/mol. The van der Waals surface area contributed by atoms with Crippen molar-refractivity contribution < 1.29 is 13.5 Å². The summed E-state index contributed by atoms with van der Waals surface area (Å²) in [6, 6.07) is 14.2. The SMILES string of the molecule is CC(C)S(=O)(=O)N1CCN(c2cnn(-c3cccc(Cl)c3)c(=O)c2NC2Cc3ccccc3[C@H]2O)CC1. The number of fused-ring (bicyclic) bond motifs is 1. The maximum atomic E-state index is 13.8. The van der Waals surface area contributed by atoms with Crippen LogP contribution in [0.2, 0.25) is 5.02 Å². The molecule has 2 aliphatic rings. The molecule has 1 saturated heterocycles. The zero-order chi connectivity index (χ0) is 26.3. The molecule has 2 heterocycles. The van der Waals surface area contributed by atoms with Crippen molar-refractivity contribution >= 4 is 33.0 Å². The summed E-state index contributed by atoms with van der Waals surface area (Å²) >= 11 is 6.17. The largest absolute Gasteiger partial charge is 0.386 e. The Morgan fingerprint density at radius 1 is 1.08 bits per heavy atom. The number of nitrogens with one attached hydrogen (secondary N) is 1. The van der Waals surface area contributed by atoms with Crippen molar-refractivity contribution in [3.8, 4) is 5.69 Å². The Hall–Kier alpha value is -2.92. The molecule has 1 unspecified atom stereocenters. The maximum Gasteiger partial charge on any atom is 0.296 e. The van der Waals surface area contributed by atoms with Crippen molar-refractivity contribution in [1.29, 1.82) is 0 Å². The van der Waals surface area contributed by atoms with Gasteiger partial charge in [0.15, 0.2) is 0 Å². The fraction of sp³-hybridized carbons (Fsp3) is 0.385. The van der Waals surface area contributed by atoms with Gasteiger partial charge < -0.3 is 15.3 Å². The average Bonchev–Trinajstić information content (AvgIpc) is 3.20. The normalized spacial score (nSPS) is 20.3. The van der Waals surface area contributed by atoms with Gasteiger partial charge in [0.1, 0.15) is 5.69 Å². The van der Waals surface area contributed by atoms with Gasteiger partial charge in [-0.05, 0) is 49.6 Å². The van der Waals surface area contributed by atoms with E-state index in [2.05, 4.69) is 10.4 Å². The van der Waals surface area contributed by atoms with Crippen LogP contribution in [-0.2, 0) is 16.4 Å². The quantitative estimate of drug-likeness (QED) is 0.492. The third-order valence-electron chi connectivity index (χ3n) is 7.07. The zero-order valence-electron chi connectivity index (χ0n) is 20.7. The molecule has 1 aliphatic heterocycles. The first-order chi connectivity index (χ1) is 17.7. The Bertz CT molecular complexity index is 1470. The molecule has 11 heteroatoms. The van der Waals surface area contributed by atoms with Crippen LogP contribution in [0.4, 0.5) is 11.4 Å². The molecule has 5 rings (SSSR count). The second kappa shape index (κ2) is 10.1. The molecular formula is C26H30ClN5O4S. The highest BCUT2D eigenvalue weighted by molar-refractivity contribution is 7.89. The molecule has 1 aromatic heterocycles. The summed E-state index contributed by atoms with van der Waals surface area (Å²) in [6.45, 7) is 4.80. The average molecular weight is 544 g/mol. The predicted octanol–water partition coefficient (Wildman–Crippen LogP) is 2.82. The smallest absolute Gasteiger partial charge is 0.296 e. The van der Waals surface area contributed by atoms with Crippen LogP contribution in [-0.4, -0.2) is 65.1 Å². The number of halogens is 1. The number of aliphatic hydroxyl groups is 1. The number of hydrogen-bond acceptors (Lipinski definition) is 7. The molecule has 2 N–H and O–H groups in total. The van der Waals surface area contributed by atoms with Crippen LogP contribution in [0.25, 0.3) is 5.69 Å². The van der Waals surface area contributed by atoms with Crippen LogP contribution in [0, 0.1) is 0 Å². The van der Waals surface area contributed by atoms with Crippen molar-refractivity contribution in [2.45, 2.75) is 37.7 Å². The van der Waals surface area contributed by atoms with Crippen LogP contribution in [0.1, 0.15) is 31.1 Å². The summed E-state index contributed by atoms with van der Waals surface area (Å²) in [6.07, 6.45) is 1.41. The number of aromatic nitrogens is 2. The molecule has 0 amide bonds. The number of piperazine rings is 1. The lowest BCUT2D eigenvalue weighted by Gasteiger charge is -2.37. The summed E-state index contributed by atoms with van der Waals surface area (Å²) in [7, 11) is -3.36. The van der Waals surface area contributed by atoms with Gasteiger partial charge in [0.2, 0.25) is 10.0 Å². The third kappa shape index (κ3) is 4.86. The second-order valence-corrected chi connectivity index (χ2v) is 12.6. The lowest BCUT2D eigenvalue weighted by atomic mass is 10.1. The zero-order valence-corrected chi connectivity index (χ0v) is 22.3. The highest BCUT2D eigenvalue weighted by atomic mass is 35.5. The molecule has 1 aliphatic carbocycles. The fourth-order valence-electron chi connectivity index (χ4n) is 4.98. The topological polar surface area (TPSA) is 108 Å². The van der Waals surface area contributed by atoms with E-state index in [1.807, 2.05) is 29.2 Å². The van der Waals surface area contributed by atoms with E-state index >= 15 is 0 Å². The number of nitrogens with zero attached hydrogens (tertiary/aromatic N) is 4. The first-order valence-electron chi connectivity index (χ1n) is 12.3. The highest BCUT2D eigenvalue weighted by Gasteiger charge is 2.34. The summed E-state index contributed by atoms with van der Waals surface area (Å²) < 4.78 is 28.1. The molecule has 9 nitrogen and oxygen atoms in total. The number of sulfonamides is 1. The van der Waals surface area contributed by atoms with Gasteiger partial charge in [-0.1, -0.05) is 41.9 Å². The van der Waals surface area contributed by atoms with Gasteiger partial charge in [0.05, 0.1) is 35.0 Å². The minimum absolute atomic E-state index is 0.312. The van der Waals surface area contributed by atoms with Crippen molar-refractivity contribution in [3.63, 3.8) is 0 Å². The van der Waals surface area contributed by atoms with Crippen LogP contribution in [0.5, 0.6) is 0 Å². The summed E-state index contributed by atoms with van der Waals surface area (Å²) in [5.41, 5.74) is 2.92. The number of rotatable bonds is 6. The van der Waals surface area contributed by atoms with Gasteiger partial charge in [-0.2, -0.15) is 14.1 Å². The van der Waals surface area contributed by atoms with E-state index in [0.29, 0.717) is 54.7 Å². The van der Waals surface area contributed by atoms with E-state index in [-0.39, 0.29) is 5.56 Å². The molecule has 196 valence electrons. The van der Waals surface area contributed by atoms with Crippen LogP contribution in [0.3, 0.4) is 0 Å². The van der Waals surface area contributed by atoms with Gasteiger partial charge in [-0.15, -0.1) is 0 Å². The molecule has 1 fully saturated rings. The molecule has 0 spiro atoms. The Kier molecular flexibility index (Phi) is 7.01. The number of hydrogen-bond donors (Lipinski definition) is 2. The van der Waals surface area contributed by atoms with Crippen LogP contribution < -0.4 is 15.8 Å². The Balaban J connectivity index is 1.50. The standard InChI is InChI=1S/C26H30ClN5O4S/c1-17(2)37(35,36)31-12-10-30(11-13-31)23-16-28-32(20-8-5-7-19(27)15-20)26(34)24(23)29-22-14-18-6-3-4-9-21(18)25(22)33/h3-9,15-17,22,25,29,33H,10-14H2,1-2H3/t22?,25-/m1/s1. The summed E-state index contributed by atoms with van der Waals surface area (Å²) in [5.74, 6) is 0. The lowest BCUT2D eigenvalue weighted by molar-refractivity contribution is 0.167. The number of aliphatic hydroxyl groups excluding tert-OH is 1. The monoisotopic (exact) mass is 543 g/mol. The van der Waals surface area contributed by atoms with E-state index in [0.717, 1.165) is 11.1 Å². The van der Waals surface area contributed by atoms with Crippen LogP contribution >= 0.6 is 11.6 Å². The van der Waals surface area contributed by atoms with Gasteiger partial charge in [0, 0.05) is 31.2 Å². The van der Waals surface area contributed by atoms with Crippen molar-refractivity contribution in [1.82, 2.24) is 14.1 Å². The third-order valence-corrected chi connectivity index (χ3v) is 9.58. The summed E-state index contributed by atoms with van der Waals surface area (Å²) in [5, 5.41) is 18.7. The van der Waals surface area contributed by atoms with E-state index < -0.39 is 27.4 Å². The van der Waals surface area contributed by atoms with E-state index in [1.165, 1.54) is 8.99 Å². The molecule has 0 bridgehead atoms. The first kappa shape index (κ1) is 25.7. The number of anilines is 2. The lowest BCUT2D eigenvalue weighted by Crippen LogP contribution is -2.51. The number of benzene rings is 2. The minimum atomic E-state index is -3.36. The Morgan fingerprint density at radius 3 is 2.49 bits per heavy atom. The molecule has 37 heavy (non-hydrogen) atoms. The minimum Gasteiger partial charge on any atom is -0.386 e. The Labute approximate surface area is 221 Å². The van der Waals surface area contributed by atoms with E-state index in [9.17, 15) is 18.3 Å². The molecule has 2 aromatic carbocycles. The van der Waals surface area contributed by atoms with Crippen molar-refractivity contribution in [2.24, 2.45) is 0 Å². The molecule has 0 saturated carbocycles. The fourth-order valence-corrected chi connectivity index (χ4v) is 6.44. The Morgan fingerprint density at radius 2 is 1.81 bits per heavy atom. The van der Waals surface area contributed by atoms with Gasteiger partial charge >= 0.3 is 0 Å². The van der Waals surface area contributed by atoms with Gasteiger partial charge in [0.25, 0.3) is 5.56 Å². The maximum absolute atomic E-state index is 13.8. The molecule has 0 radical (unpaired) electrons. The molecule has 2 atom stereocenters. The predicted molar refractivity (Wildman–Crippen MR) is 145 cm³/mol. The summed E-state index contributed by atoms with van der Waals surface area (Å²) in [4.78, 5) is 15.8. The van der Waals surface area contributed by atoms with Crippen LogP contribution in [0.15, 0.2) is 59.5 Å². The van der Waals surface area contributed by atoms with Gasteiger partial charge in [-0.25, -0.2) is 8.42 Å². The molecule has 3 aromatic rings. The second-order valence-electron chi connectivity index (χ2n) is 9.68. The van der Waals surface area contributed by atoms with Crippen molar-refractivity contribution in [3.05, 3.63) is 81.2 Å².